The molecule has 2 fully saturated rings. The Morgan fingerprint density at radius 3 is 2.62 bits per heavy atom. The number of rotatable bonds is 4. The predicted molar refractivity (Wildman–Crippen MR) is 110 cm³/mol. The Kier molecular flexibility index (Phi) is 4.91. The molecule has 1 spiro atoms. The molecule has 2 saturated heterocycles. The zero-order valence-electron chi connectivity index (χ0n) is 17.8. The molecule has 0 N–H and O–H groups in total. The van der Waals surface area contributed by atoms with E-state index in [4.69, 9.17) is 4.52 Å². The van der Waals surface area contributed by atoms with E-state index in [1.807, 2.05) is 26.0 Å². The van der Waals surface area contributed by atoms with Crippen molar-refractivity contribution in [3.05, 3.63) is 47.1 Å². The summed E-state index contributed by atoms with van der Waals surface area (Å²) in [4.78, 5) is 17.7. The molecule has 0 saturated carbocycles. The lowest BCUT2D eigenvalue weighted by atomic mass is 9.87. The van der Waals surface area contributed by atoms with Crippen LogP contribution < -0.4 is 4.90 Å². The molecular formula is C23H30FN3O2. The Morgan fingerprint density at radius 1 is 1.24 bits per heavy atom. The molecule has 1 unspecified atom stereocenters. The average molecular weight is 400 g/mol. The number of carbonyl (C=O) groups is 1. The van der Waals surface area contributed by atoms with E-state index in [0.717, 1.165) is 55.1 Å². The maximum Gasteiger partial charge on any atom is 0.223 e. The molecule has 1 aromatic heterocycles. The van der Waals surface area contributed by atoms with Gasteiger partial charge in [-0.15, -0.1) is 0 Å². The van der Waals surface area contributed by atoms with Crippen LogP contribution in [0.2, 0.25) is 0 Å². The van der Waals surface area contributed by atoms with Gasteiger partial charge in [-0.2, -0.15) is 0 Å². The van der Waals surface area contributed by atoms with Gasteiger partial charge < -0.3 is 14.3 Å². The van der Waals surface area contributed by atoms with E-state index in [0.29, 0.717) is 12.8 Å². The summed E-state index contributed by atoms with van der Waals surface area (Å²) in [5, 5.41) is 4.00. The molecule has 2 aromatic rings. The first-order valence-electron chi connectivity index (χ1n) is 10.5. The van der Waals surface area contributed by atoms with Gasteiger partial charge in [0.15, 0.2) is 0 Å². The van der Waals surface area contributed by atoms with Gasteiger partial charge in [-0.05, 0) is 77.6 Å². The van der Waals surface area contributed by atoms with E-state index >= 15 is 0 Å². The van der Waals surface area contributed by atoms with Crippen LogP contribution in [-0.4, -0.2) is 40.1 Å². The Labute approximate surface area is 171 Å². The summed E-state index contributed by atoms with van der Waals surface area (Å²) in [6.45, 7) is 9.87. The number of benzene rings is 1. The lowest BCUT2D eigenvalue weighted by Gasteiger charge is -2.35. The van der Waals surface area contributed by atoms with E-state index in [2.05, 4.69) is 28.8 Å². The molecule has 1 aromatic carbocycles. The summed E-state index contributed by atoms with van der Waals surface area (Å²) in [5.74, 6) is 0.785. The predicted octanol–water partition coefficient (Wildman–Crippen LogP) is 4.41. The molecule has 0 bridgehead atoms. The van der Waals surface area contributed by atoms with Crippen LogP contribution in [0.3, 0.4) is 0 Å². The monoisotopic (exact) mass is 399 g/mol. The lowest BCUT2D eigenvalue weighted by Crippen LogP contribution is -2.49. The van der Waals surface area contributed by atoms with Gasteiger partial charge in [-0.1, -0.05) is 5.16 Å². The molecule has 0 aliphatic carbocycles. The van der Waals surface area contributed by atoms with Crippen molar-refractivity contribution in [3.63, 3.8) is 0 Å². The highest BCUT2D eigenvalue weighted by atomic mass is 19.1. The second-order valence-electron chi connectivity index (χ2n) is 9.23. The van der Waals surface area contributed by atoms with Gasteiger partial charge in [-0.25, -0.2) is 4.39 Å². The van der Waals surface area contributed by atoms with E-state index < -0.39 is 0 Å². The number of nitrogens with zero attached hydrogens (tertiary/aromatic N) is 3. The topological polar surface area (TPSA) is 49.6 Å². The van der Waals surface area contributed by atoms with Crippen molar-refractivity contribution >= 4 is 11.6 Å². The number of aryl methyl sites for hydroxylation is 2. The van der Waals surface area contributed by atoms with Crippen molar-refractivity contribution in [2.75, 3.05) is 18.0 Å². The third kappa shape index (κ3) is 3.53. The van der Waals surface area contributed by atoms with Crippen LogP contribution in [0.4, 0.5) is 10.1 Å². The summed E-state index contributed by atoms with van der Waals surface area (Å²) in [7, 11) is 0. The van der Waals surface area contributed by atoms with Gasteiger partial charge in [0.25, 0.3) is 0 Å². The molecule has 1 amide bonds. The summed E-state index contributed by atoms with van der Waals surface area (Å²) in [5.41, 5.74) is 2.70. The fraction of sp³-hybridized carbons (Fsp3) is 0.565. The molecule has 6 heteroatoms. The molecule has 29 heavy (non-hydrogen) atoms. The first kappa shape index (κ1) is 19.9. The van der Waals surface area contributed by atoms with Gasteiger partial charge in [0, 0.05) is 36.3 Å². The van der Waals surface area contributed by atoms with Gasteiger partial charge >= 0.3 is 0 Å². The third-order valence-electron chi connectivity index (χ3n) is 6.75. The number of carbonyl (C=O) groups excluding carboxylic acids is 1. The summed E-state index contributed by atoms with van der Waals surface area (Å²) < 4.78 is 18.6. The molecule has 2 aliphatic heterocycles. The van der Waals surface area contributed by atoms with Crippen molar-refractivity contribution in [2.45, 2.75) is 70.9 Å². The van der Waals surface area contributed by atoms with Crippen LogP contribution in [0.15, 0.2) is 28.8 Å². The van der Waals surface area contributed by atoms with E-state index in [9.17, 15) is 9.18 Å². The van der Waals surface area contributed by atoms with Crippen molar-refractivity contribution in [3.8, 4) is 0 Å². The molecule has 0 radical (unpaired) electrons. The van der Waals surface area contributed by atoms with Crippen molar-refractivity contribution < 1.29 is 13.7 Å². The summed E-state index contributed by atoms with van der Waals surface area (Å²) >= 11 is 0. The van der Waals surface area contributed by atoms with E-state index in [-0.39, 0.29) is 22.8 Å². The van der Waals surface area contributed by atoms with Crippen LogP contribution in [0.25, 0.3) is 0 Å². The molecule has 5 nitrogen and oxygen atoms in total. The number of aromatic nitrogens is 1. The Morgan fingerprint density at radius 2 is 1.97 bits per heavy atom. The highest BCUT2D eigenvalue weighted by Crippen LogP contribution is 2.47. The van der Waals surface area contributed by atoms with Gasteiger partial charge in [-0.3, -0.25) is 4.79 Å². The zero-order chi connectivity index (χ0) is 20.8. The minimum atomic E-state index is -0.225. The van der Waals surface area contributed by atoms with Crippen molar-refractivity contribution in [2.24, 2.45) is 0 Å². The fourth-order valence-electron chi connectivity index (χ4n) is 5.43. The minimum Gasteiger partial charge on any atom is -0.364 e. The Hall–Kier alpha value is -2.37. The van der Waals surface area contributed by atoms with Gasteiger partial charge in [0.2, 0.25) is 5.91 Å². The molecule has 2 aliphatic rings. The molecular weight excluding hydrogens is 369 g/mol. The minimum absolute atomic E-state index is 0.0949. The van der Waals surface area contributed by atoms with Crippen molar-refractivity contribution in [1.29, 1.82) is 0 Å². The quantitative estimate of drug-likeness (QED) is 0.764. The second-order valence-corrected chi connectivity index (χ2v) is 9.23. The normalized spacial score (nSPS) is 23.3. The van der Waals surface area contributed by atoms with Gasteiger partial charge in [0.05, 0.1) is 11.2 Å². The van der Waals surface area contributed by atoms with E-state index in [1.165, 1.54) is 12.1 Å². The van der Waals surface area contributed by atoms with Crippen LogP contribution >= 0.6 is 0 Å². The summed E-state index contributed by atoms with van der Waals surface area (Å²) in [6.07, 6.45) is 4.11. The summed E-state index contributed by atoms with van der Waals surface area (Å²) in [6, 6.07) is 6.71. The van der Waals surface area contributed by atoms with E-state index in [1.54, 1.807) is 0 Å². The molecule has 156 valence electrons. The van der Waals surface area contributed by atoms with Crippen LogP contribution in [0.5, 0.6) is 0 Å². The fourth-order valence-corrected chi connectivity index (χ4v) is 5.43. The van der Waals surface area contributed by atoms with Crippen LogP contribution in [-0.2, 0) is 11.2 Å². The highest BCUT2D eigenvalue weighted by Gasteiger charge is 2.54. The number of hydrogen-bond acceptors (Lipinski definition) is 4. The van der Waals surface area contributed by atoms with Crippen LogP contribution in [0.1, 0.15) is 56.5 Å². The largest absolute Gasteiger partial charge is 0.364 e. The number of hydrogen-bond donors (Lipinski definition) is 0. The smallest absolute Gasteiger partial charge is 0.223 e. The van der Waals surface area contributed by atoms with Gasteiger partial charge in [0.1, 0.15) is 11.6 Å². The lowest BCUT2D eigenvalue weighted by molar-refractivity contribution is -0.134. The molecule has 3 heterocycles. The number of amides is 1. The standard InChI is InChI=1S/C23H30FN3O2/c1-16-20(17(2)29-25-16)10-11-21(28)26-13-5-12-23(26)14-22(3,4)27(15-23)19-8-6-18(24)7-9-19/h6-9H,5,10-15H2,1-4H3. The number of likely N-dealkylation sites (tertiary alicyclic amines) is 1. The van der Waals surface area contributed by atoms with Crippen molar-refractivity contribution in [1.82, 2.24) is 10.1 Å². The first-order chi connectivity index (χ1) is 13.7. The SMILES string of the molecule is Cc1noc(C)c1CCC(=O)N1CCCC12CN(c1ccc(F)cc1)C(C)(C)C2. The third-order valence-corrected chi connectivity index (χ3v) is 6.75. The second kappa shape index (κ2) is 7.15. The van der Waals surface area contributed by atoms with Crippen LogP contribution in [0, 0.1) is 19.7 Å². The maximum absolute atomic E-state index is 13.4. The highest BCUT2D eigenvalue weighted by molar-refractivity contribution is 5.78. The Balaban J connectivity index is 1.52. The Bertz CT molecular complexity index is 886. The molecule has 4 rings (SSSR count). The average Bonchev–Trinajstić information content (AvgIpc) is 3.30. The number of halogens is 1. The molecule has 1 atom stereocenters. The number of anilines is 1. The zero-order valence-corrected chi connectivity index (χ0v) is 17.8. The first-order valence-corrected chi connectivity index (χ1v) is 10.5. The maximum atomic E-state index is 13.4.